The Balaban J connectivity index is 2.98. The van der Waals surface area contributed by atoms with E-state index >= 15 is 0 Å². The standard InChI is InChI=1S/C12H11N3O3/c1-18-11-9(5-2-3-8-14-15-13)6-4-7-10(11)12(16)17/h4,6-7H,3,8H2,1H3,(H,16,17). The van der Waals surface area contributed by atoms with Crippen LogP contribution in [0.2, 0.25) is 0 Å². The first-order valence-electron chi connectivity index (χ1n) is 5.10. The maximum atomic E-state index is 11.0. The molecule has 0 aliphatic rings. The Kier molecular flexibility index (Phi) is 5.10. The number of nitrogens with zero attached hydrogens (tertiary/aromatic N) is 3. The van der Waals surface area contributed by atoms with Crippen molar-refractivity contribution in [1.29, 1.82) is 0 Å². The van der Waals surface area contributed by atoms with Gasteiger partial charge in [0.15, 0.2) is 0 Å². The van der Waals surface area contributed by atoms with Crippen LogP contribution in [-0.2, 0) is 0 Å². The fourth-order valence-corrected chi connectivity index (χ4v) is 1.33. The van der Waals surface area contributed by atoms with Crippen LogP contribution < -0.4 is 4.74 Å². The molecule has 92 valence electrons. The van der Waals surface area contributed by atoms with Crippen LogP contribution in [0.25, 0.3) is 10.4 Å². The van der Waals surface area contributed by atoms with Crippen molar-refractivity contribution in [2.24, 2.45) is 5.11 Å². The number of benzene rings is 1. The van der Waals surface area contributed by atoms with Gasteiger partial charge in [-0.1, -0.05) is 23.0 Å². The van der Waals surface area contributed by atoms with Crippen LogP contribution in [0.5, 0.6) is 5.75 Å². The maximum Gasteiger partial charge on any atom is 0.339 e. The van der Waals surface area contributed by atoms with Crippen LogP contribution in [0, 0.1) is 11.8 Å². The first-order valence-corrected chi connectivity index (χ1v) is 5.10. The largest absolute Gasteiger partial charge is 0.495 e. The van der Waals surface area contributed by atoms with Crippen molar-refractivity contribution in [2.75, 3.05) is 13.7 Å². The number of azide groups is 1. The van der Waals surface area contributed by atoms with Gasteiger partial charge in [0.05, 0.1) is 12.7 Å². The van der Waals surface area contributed by atoms with Crippen LogP contribution in [0.3, 0.4) is 0 Å². The Bertz CT molecular complexity index is 551. The van der Waals surface area contributed by atoms with Crippen LogP contribution in [-0.4, -0.2) is 24.7 Å². The molecule has 1 aromatic rings. The first-order chi connectivity index (χ1) is 8.70. The summed E-state index contributed by atoms with van der Waals surface area (Å²) < 4.78 is 5.05. The number of para-hydroxylation sites is 1. The van der Waals surface area contributed by atoms with E-state index in [9.17, 15) is 4.79 Å². The summed E-state index contributed by atoms with van der Waals surface area (Å²) in [5, 5.41) is 12.3. The summed E-state index contributed by atoms with van der Waals surface area (Å²) in [5.41, 5.74) is 8.65. The van der Waals surface area contributed by atoms with Gasteiger partial charge in [0.1, 0.15) is 11.3 Å². The molecule has 0 atom stereocenters. The number of methoxy groups -OCH3 is 1. The van der Waals surface area contributed by atoms with E-state index in [1.807, 2.05) is 0 Å². The highest BCUT2D eigenvalue weighted by atomic mass is 16.5. The Morgan fingerprint density at radius 2 is 2.39 bits per heavy atom. The molecule has 0 aliphatic carbocycles. The molecule has 18 heavy (non-hydrogen) atoms. The second-order valence-corrected chi connectivity index (χ2v) is 3.20. The van der Waals surface area contributed by atoms with Crippen LogP contribution >= 0.6 is 0 Å². The molecule has 0 fully saturated rings. The lowest BCUT2D eigenvalue weighted by Gasteiger charge is -2.06. The third-order valence-corrected chi connectivity index (χ3v) is 2.07. The summed E-state index contributed by atoms with van der Waals surface area (Å²) in [6.07, 6.45) is 0.407. The molecule has 6 nitrogen and oxygen atoms in total. The van der Waals surface area contributed by atoms with Gasteiger partial charge in [-0.25, -0.2) is 4.79 Å². The zero-order chi connectivity index (χ0) is 13.4. The number of carbonyl (C=O) groups is 1. The third kappa shape index (κ3) is 3.44. The lowest BCUT2D eigenvalue weighted by molar-refractivity contribution is 0.0693. The summed E-state index contributed by atoms with van der Waals surface area (Å²) in [4.78, 5) is 13.6. The Morgan fingerprint density at radius 1 is 1.61 bits per heavy atom. The van der Waals surface area contributed by atoms with Crippen LogP contribution in [0.1, 0.15) is 22.3 Å². The van der Waals surface area contributed by atoms with Gasteiger partial charge >= 0.3 is 5.97 Å². The van der Waals surface area contributed by atoms with Crippen molar-refractivity contribution in [3.8, 4) is 17.6 Å². The predicted molar refractivity (Wildman–Crippen MR) is 65.5 cm³/mol. The Labute approximate surface area is 104 Å². The maximum absolute atomic E-state index is 11.0. The summed E-state index contributed by atoms with van der Waals surface area (Å²) in [6.45, 7) is 0.282. The molecule has 0 amide bonds. The predicted octanol–water partition coefficient (Wildman–Crippen LogP) is 2.45. The van der Waals surface area contributed by atoms with E-state index in [-0.39, 0.29) is 17.9 Å². The number of carboxylic acid groups (broad SMARTS) is 1. The van der Waals surface area contributed by atoms with Crippen molar-refractivity contribution in [1.82, 2.24) is 0 Å². The van der Waals surface area contributed by atoms with E-state index in [1.54, 1.807) is 12.1 Å². The second kappa shape index (κ2) is 6.84. The molecule has 0 bridgehead atoms. The average Bonchev–Trinajstić information content (AvgIpc) is 2.38. The highest BCUT2D eigenvalue weighted by molar-refractivity contribution is 5.91. The van der Waals surface area contributed by atoms with E-state index < -0.39 is 5.97 Å². The highest BCUT2D eigenvalue weighted by Gasteiger charge is 2.12. The Morgan fingerprint density at radius 3 is 3.00 bits per heavy atom. The first kappa shape index (κ1) is 13.4. The minimum atomic E-state index is -1.07. The fourth-order valence-electron chi connectivity index (χ4n) is 1.33. The monoisotopic (exact) mass is 245 g/mol. The number of carboxylic acids is 1. The topological polar surface area (TPSA) is 95.3 Å². The second-order valence-electron chi connectivity index (χ2n) is 3.20. The van der Waals surface area contributed by atoms with E-state index in [4.69, 9.17) is 15.4 Å². The van der Waals surface area contributed by atoms with Crippen molar-refractivity contribution < 1.29 is 14.6 Å². The van der Waals surface area contributed by atoms with Gasteiger partial charge in [-0.15, -0.1) is 0 Å². The zero-order valence-corrected chi connectivity index (χ0v) is 9.75. The lowest BCUT2D eigenvalue weighted by atomic mass is 10.1. The molecule has 0 heterocycles. The van der Waals surface area contributed by atoms with Gasteiger partial charge in [-0.05, 0) is 17.7 Å². The summed E-state index contributed by atoms with van der Waals surface area (Å²) in [6, 6.07) is 4.72. The van der Waals surface area contributed by atoms with E-state index in [0.717, 1.165) is 0 Å². The smallest absolute Gasteiger partial charge is 0.339 e. The molecule has 0 radical (unpaired) electrons. The van der Waals surface area contributed by atoms with Gasteiger partial charge in [0.2, 0.25) is 0 Å². The molecule has 0 aromatic heterocycles. The van der Waals surface area contributed by atoms with Crippen molar-refractivity contribution in [2.45, 2.75) is 6.42 Å². The molecule has 1 N–H and O–H groups in total. The lowest BCUT2D eigenvalue weighted by Crippen LogP contribution is -2.01. The quantitative estimate of drug-likeness (QED) is 0.290. The van der Waals surface area contributed by atoms with Gasteiger partial charge in [0.25, 0.3) is 0 Å². The van der Waals surface area contributed by atoms with Gasteiger partial charge in [-0.3, -0.25) is 0 Å². The van der Waals surface area contributed by atoms with E-state index in [0.29, 0.717) is 12.0 Å². The van der Waals surface area contributed by atoms with E-state index in [1.165, 1.54) is 13.2 Å². The number of hydrogen-bond acceptors (Lipinski definition) is 3. The molecule has 0 unspecified atom stereocenters. The number of rotatable bonds is 4. The van der Waals surface area contributed by atoms with Crippen LogP contribution in [0.15, 0.2) is 23.3 Å². The Hall–Kier alpha value is -2.64. The molecular formula is C12H11N3O3. The van der Waals surface area contributed by atoms with Crippen molar-refractivity contribution >= 4 is 5.97 Å². The molecule has 6 heteroatoms. The van der Waals surface area contributed by atoms with Crippen LogP contribution in [0.4, 0.5) is 0 Å². The SMILES string of the molecule is COc1c(C#CCCN=[N+]=[N-])cccc1C(=O)O. The van der Waals surface area contributed by atoms with Gasteiger partial charge in [0, 0.05) is 17.9 Å². The summed E-state index contributed by atoms with van der Waals surface area (Å²) in [5.74, 6) is 4.76. The van der Waals surface area contributed by atoms with Gasteiger partial charge in [-0.2, -0.15) is 0 Å². The molecule has 0 spiro atoms. The molecule has 1 rings (SSSR count). The summed E-state index contributed by atoms with van der Waals surface area (Å²) in [7, 11) is 1.40. The van der Waals surface area contributed by atoms with Gasteiger partial charge < -0.3 is 9.84 Å². The average molecular weight is 245 g/mol. The number of aromatic carboxylic acids is 1. The number of ether oxygens (including phenoxy) is 1. The molecular weight excluding hydrogens is 234 g/mol. The normalized spacial score (nSPS) is 8.72. The zero-order valence-electron chi connectivity index (χ0n) is 9.75. The molecule has 0 saturated carbocycles. The summed E-state index contributed by atoms with van der Waals surface area (Å²) >= 11 is 0. The molecule has 0 saturated heterocycles. The fraction of sp³-hybridized carbons (Fsp3) is 0.250. The van der Waals surface area contributed by atoms with Crippen molar-refractivity contribution in [3.05, 3.63) is 39.8 Å². The minimum absolute atomic E-state index is 0.0688. The van der Waals surface area contributed by atoms with Crippen molar-refractivity contribution in [3.63, 3.8) is 0 Å². The van der Waals surface area contributed by atoms with E-state index in [2.05, 4.69) is 21.9 Å². The highest BCUT2D eigenvalue weighted by Crippen LogP contribution is 2.22. The molecule has 1 aromatic carbocycles. The molecule has 0 aliphatic heterocycles. The number of hydrogen-bond donors (Lipinski definition) is 1. The third-order valence-electron chi connectivity index (χ3n) is 2.07. The minimum Gasteiger partial charge on any atom is -0.495 e.